The van der Waals surface area contributed by atoms with Crippen LogP contribution in [0.15, 0.2) is 46.9 Å². The summed E-state index contributed by atoms with van der Waals surface area (Å²) in [4.78, 5) is 0.555. The van der Waals surface area contributed by atoms with Crippen molar-refractivity contribution < 1.29 is 35.2 Å². The maximum Gasteiger partial charge on any atom is 0.417 e. The van der Waals surface area contributed by atoms with Gasteiger partial charge in [0.2, 0.25) is 11.8 Å². The van der Waals surface area contributed by atoms with E-state index in [2.05, 4.69) is 10.2 Å². The third kappa shape index (κ3) is 5.50. The van der Waals surface area contributed by atoms with Gasteiger partial charge in [0, 0.05) is 11.3 Å². The minimum Gasteiger partial charge on any atom is -0.419 e. The van der Waals surface area contributed by atoms with Gasteiger partial charge in [-0.25, -0.2) is 4.39 Å². The summed E-state index contributed by atoms with van der Waals surface area (Å²) in [5, 5.41) is 16.1. The molecule has 0 atom stereocenters. The molecule has 162 valence electrons. The van der Waals surface area contributed by atoms with Crippen molar-refractivity contribution in [2.75, 3.05) is 11.4 Å². The zero-order chi connectivity index (χ0) is 22.8. The second-order valence-electron chi connectivity index (χ2n) is 6.32. The van der Waals surface area contributed by atoms with Crippen LogP contribution in [0, 0.1) is 17.1 Å². The summed E-state index contributed by atoms with van der Waals surface area (Å²) >= 11 is 0. The molecule has 3 aromatic rings. The van der Waals surface area contributed by atoms with Crippen molar-refractivity contribution in [1.29, 1.82) is 5.26 Å². The van der Waals surface area contributed by atoms with Crippen molar-refractivity contribution in [3.05, 3.63) is 65.3 Å². The molecule has 0 fully saturated rings. The van der Waals surface area contributed by atoms with Crippen molar-refractivity contribution >= 4 is 5.69 Å². The van der Waals surface area contributed by atoms with E-state index < -0.39 is 48.1 Å². The summed E-state index contributed by atoms with van der Waals surface area (Å²) in [6.45, 7) is -2.29. The van der Waals surface area contributed by atoms with E-state index in [0.717, 1.165) is 24.3 Å². The van der Waals surface area contributed by atoms with Crippen LogP contribution in [0.2, 0.25) is 0 Å². The van der Waals surface area contributed by atoms with Gasteiger partial charge < -0.3 is 9.32 Å². The molecular weight excluding hydrogens is 433 g/mol. The predicted octanol–water partition coefficient (Wildman–Crippen LogP) is 5.34. The molecule has 0 unspecified atom stereocenters. The van der Waals surface area contributed by atoms with E-state index in [0.29, 0.717) is 11.0 Å². The number of anilines is 1. The number of rotatable bonds is 5. The summed E-state index contributed by atoms with van der Waals surface area (Å²) in [7, 11) is 0. The molecule has 0 amide bonds. The zero-order valence-corrected chi connectivity index (χ0v) is 15.3. The minimum atomic E-state index is -4.94. The molecule has 0 radical (unpaired) electrons. The second-order valence-corrected chi connectivity index (χ2v) is 6.32. The van der Waals surface area contributed by atoms with Crippen molar-refractivity contribution in [2.45, 2.75) is 18.9 Å². The van der Waals surface area contributed by atoms with E-state index >= 15 is 0 Å². The molecule has 2 aromatic carbocycles. The van der Waals surface area contributed by atoms with Gasteiger partial charge in [0.05, 0.1) is 23.7 Å². The normalized spacial score (nSPS) is 11.9. The van der Waals surface area contributed by atoms with Gasteiger partial charge in [-0.1, -0.05) is 6.07 Å². The highest BCUT2D eigenvalue weighted by molar-refractivity contribution is 5.55. The number of alkyl halides is 6. The van der Waals surface area contributed by atoms with Crippen LogP contribution < -0.4 is 4.90 Å². The number of halogens is 7. The molecule has 31 heavy (non-hydrogen) atoms. The van der Waals surface area contributed by atoms with E-state index in [4.69, 9.17) is 9.68 Å². The molecule has 0 N–H and O–H groups in total. The molecule has 1 aromatic heterocycles. The molecule has 1 heterocycles. The van der Waals surface area contributed by atoms with E-state index in [1.807, 2.05) is 0 Å². The fraction of sp³-hybridized carbons (Fsp3) is 0.211. The molecule has 0 bridgehead atoms. The summed E-state index contributed by atoms with van der Waals surface area (Å²) in [5.74, 6) is -1.10. The van der Waals surface area contributed by atoms with E-state index in [1.54, 1.807) is 0 Å². The maximum absolute atomic E-state index is 13.3. The zero-order valence-electron chi connectivity index (χ0n) is 15.3. The molecule has 5 nitrogen and oxygen atoms in total. The lowest BCUT2D eigenvalue weighted by Crippen LogP contribution is -2.34. The topological polar surface area (TPSA) is 66.0 Å². The smallest absolute Gasteiger partial charge is 0.417 e. The Morgan fingerprint density at radius 1 is 1.00 bits per heavy atom. The molecule has 0 spiro atoms. The monoisotopic (exact) mass is 444 g/mol. The highest BCUT2D eigenvalue weighted by atomic mass is 19.4. The fourth-order valence-electron chi connectivity index (χ4n) is 2.73. The van der Waals surface area contributed by atoms with Gasteiger partial charge in [0.25, 0.3) is 0 Å². The summed E-state index contributed by atoms with van der Waals surface area (Å²) in [5.41, 5.74) is -2.37. The first-order valence-corrected chi connectivity index (χ1v) is 8.47. The standard InChI is InChI=1S/C19H11F7N4O/c20-13-3-1-2-11(6-13)17-29-28-16(31-17)9-30(10-18(21,22)23)14-5-4-12(8-27)15(7-14)19(24,25)26/h1-7H,9-10H2. The average Bonchev–Trinajstić information content (AvgIpc) is 3.14. The first kappa shape index (κ1) is 22.1. The number of nitriles is 1. The molecule has 3 rings (SSSR count). The van der Waals surface area contributed by atoms with Gasteiger partial charge >= 0.3 is 12.4 Å². The van der Waals surface area contributed by atoms with E-state index in [1.165, 1.54) is 18.2 Å². The van der Waals surface area contributed by atoms with Gasteiger partial charge in [-0.3, -0.25) is 0 Å². The van der Waals surface area contributed by atoms with E-state index in [-0.39, 0.29) is 17.3 Å². The molecule has 0 aliphatic rings. The fourth-order valence-corrected chi connectivity index (χ4v) is 2.73. The van der Waals surface area contributed by atoms with E-state index in [9.17, 15) is 30.7 Å². The third-order valence-electron chi connectivity index (χ3n) is 4.03. The number of hydrogen-bond donors (Lipinski definition) is 0. The highest BCUT2D eigenvalue weighted by Crippen LogP contribution is 2.35. The van der Waals surface area contributed by atoms with Crippen molar-refractivity contribution in [3.8, 4) is 17.5 Å². The van der Waals surface area contributed by atoms with Gasteiger partial charge in [-0.05, 0) is 36.4 Å². The number of hydrogen-bond acceptors (Lipinski definition) is 5. The van der Waals surface area contributed by atoms with Crippen LogP contribution in [-0.2, 0) is 12.7 Å². The number of nitrogens with zero attached hydrogens (tertiary/aromatic N) is 4. The lowest BCUT2D eigenvalue weighted by molar-refractivity contribution is -0.137. The lowest BCUT2D eigenvalue weighted by Gasteiger charge is -2.25. The number of aromatic nitrogens is 2. The Balaban J connectivity index is 1.95. The average molecular weight is 444 g/mol. The molecule has 0 saturated carbocycles. The van der Waals surface area contributed by atoms with Gasteiger partial charge in [-0.15, -0.1) is 10.2 Å². The summed E-state index contributed by atoms with van der Waals surface area (Å²) in [6, 6.07) is 8.59. The van der Waals surface area contributed by atoms with Gasteiger partial charge in [-0.2, -0.15) is 31.6 Å². The van der Waals surface area contributed by atoms with Gasteiger partial charge in [0.15, 0.2) is 0 Å². The second kappa shape index (κ2) is 8.25. The maximum atomic E-state index is 13.3. The van der Waals surface area contributed by atoms with Crippen LogP contribution in [0.1, 0.15) is 17.0 Å². The molecule has 0 aliphatic heterocycles. The summed E-state index contributed by atoms with van der Waals surface area (Å²) < 4.78 is 97.4. The quantitative estimate of drug-likeness (QED) is 0.498. The van der Waals surface area contributed by atoms with Crippen LogP contribution in [0.25, 0.3) is 11.5 Å². The third-order valence-corrected chi connectivity index (χ3v) is 4.03. The Morgan fingerprint density at radius 3 is 2.35 bits per heavy atom. The first-order chi connectivity index (χ1) is 14.5. The van der Waals surface area contributed by atoms with Crippen LogP contribution in [-0.4, -0.2) is 22.9 Å². The van der Waals surface area contributed by atoms with Crippen molar-refractivity contribution in [2.24, 2.45) is 0 Å². The molecular formula is C19H11F7N4O. The Hall–Kier alpha value is -3.62. The summed E-state index contributed by atoms with van der Waals surface area (Å²) in [6.07, 6.45) is -9.71. The number of benzene rings is 2. The molecule has 0 aliphatic carbocycles. The van der Waals surface area contributed by atoms with Crippen LogP contribution in [0.5, 0.6) is 0 Å². The van der Waals surface area contributed by atoms with Crippen molar-refractivity contribution in [3.63, 3.8) is 0 Å². The van der Waals surface area contributed by atoms with Crippen LogP contribution in [0.4, 0.5) is 36.4 Å². The Labute approximate surface area is 170 Å². The molecule has 0 saturated heterocycles. The Kier molecular flexibility index (Phi) is 5.88. The SMILES string of the molecule is N#Cc1ccc(N(Cc2nnc(-c3cccc(F)c3)o2)CC(F)(F)F)cc1C(F)(F)F. The van der Waals surface area contributed by atoms with Crippen molar-refractivity contribution in [1.82, 2.24) is 10.2 Å². The van der Waals surface area contributed by atoms with Crippen LogP contribution >= 0.6 is 0 Å². The first-order valence-electron chi connectivity index (χ1n) is 8.47. The predicted molar refractivity (Wildman–Crippen MR) is 93.0 cm³/mol. The van der Waals surface area contributed by atoms with Crippen LogP contribution in [0.3, 0.4) is 0 Å². The highest BCUT2D eigenvalue weighted by Gasteiger charge is 2.36. The van der Waals surface area contributed by atoms with Gasteiger partial charge in [0.1, 0.15) is 12.4 Å². The Bertz CT molecular complexity index is 1120. The molecule has 12 heteroatoms. The lowest BCUT2D eigenvalue weighted by atomic mass is 10.1. The Morgan fingerprint density at radius 2 is 1.74 bits per heavy atom. The minimum absolute atomic E-state index is 0.169. The largest absolute Gasteiger partial charge is 0.419 e.